The second kappa shape index (κ2) is 6.44. The molecule has 1 heterocycles. The second-order valence-corrected chi connectivity index (χ2v) is 6.24. The molecule has 0 saturated carbocycles. The number of fused-ring (bicyclic) bond motifs is 1. The quantitative estimate of drug-likeness (QED) is 0.809. The lowest BCUT2D eigenvalue weighted by atomic mass is 9.98. The van der Waals surface area contributed by atoms with Crippen LogP contribution in [0.3, 0.4) is 0 Å². The summed E-state index contributed by atoms with van der Waals surface area (Å²) in [4.78, 5) is 31.1. The molecule has 0 aromatic heterocycles. The van der Waals surface area contributed by atoms with Gasteiger partial charge in [0, 0.05) is 18.2 Å². The average Bonchev–Trinajstić information content (AvgIpc) is 2.72. The van der Waals surface area contributed by atoms with E-state index in [0.717, 1.165) is 0 Å². The van der Waals surface area contributed by atoms with Gasteiger partial charge in [-0.3, -0.25) is 15.3 Å². The van der Waals surface area contributed by atoms with Crippen LogP contribution < -0.4 is 16.4 Å². The first kappa shape index (κ1) is 17.9. The molecule has 2 atom stereocenters. The summed E-state index contributed by atoms with van der Waals surface area (Å²) < 4.78 is 14.5. The highest BCUT2D eigenvalue weighted by molar-refractivity contribution is 6.26. The number of anilines is 1. The Morgan fingerprint density at radius 3 is 2.35 bits per heavy atom. The molecule has 7 heteroatoms. The summed E-state index contributed by atoms with van der Waals surface area (Å²) in [5, 5.41) is 0. The molecule has 0 bridgehead atoms. The van der Waals surface area contributed by atoms with Gasteiger partial charge in [0.1, 0.15) is 5.82 Å². The van der Waals surface area contributed by atoms with Crippen molar-refractivity contribution >= 4 is 23.1 Å². The molecule has 134 valence electrons. The Morgan fingerprint density at radius 1 is 1.15 bits per heavy atom. The molecule has 0 aliphatic carbocycles. The lowest BCUT2D eigenvalue weighted by Crippen LogP contribution is -2.62. The summed E-state index contributed by atoms with van der Waals surface area (Å²) in [6.07, 6.45) is 0. The summed E-state index contributed by atoms with van der Waals surface area (Å²) in [7, 11) is 1.50. The molecule has 0 spiro atoms. The van der Waals surface area contributed by atoms with E-state index in [1.54, 1.807) is 36.4 Å². The second-order valence-electron chi connectivity index (χ2n) is 6.24. The van der Waals surface area contributed by atoms with Crippen LogP contribution in [0.1, 0.15) is 18.1 Å². The van der Waals surface area contributed by atoms with E-state index in [-0.39, 0.29) is 11.3 Å². The van der Waals surface area contributed by atoms with Gasteiger partial charge in [-0.15, -0.1) is 0 Å². The number of amides is 1. The number of aliphatic imine (C=N–C) groups is 1. The van der Waals surface area contributed by atoms with Gasteiger partial charge in [-0.1, -0.05) is 30.3 Å². The number of hydrogen-bond donors (Lipinski definition) is 2. The number of nitrogens with zero attached hydrogens (tertiary/aromatic N) is 2. The molecule has 2 aromatic rings. The maximum Gasteiger partial charge on any atom is 0.277 e. The lowest BCUT2D eigenvalue weighted by molar-refractivity contribution is -0.134. The first-order valence-electron chi connectivity index (χ1n) is 8.08. The molecule has 0 fully saturated rings. The number of benzodiazepines with no additional fused rings is 1. The minimum Gasteiger partial charge on any atom is -0.322 e. The molecule has 2 aromatic carbocycles. The molecule has 4 N–H and O–H groups in total. The molecule has 1 amide bonds. The van der Waals surface area contributed by atoms with E-state index in [9.17, 15) is 14.0 Å². The number of rotatable bonds is 3. The molecule has 6 nitrogen and oxygen atoms in total. The molecule has 26 heavy (non-hydrogen) atoms. The third-order valence-corrected chi connectivity index (χ3v) is 4.36. The molecule has 1 unspecified atom stereocenters. The van der Waals surface area contributed by atoms with Crippen LogP contribution in [0.25, 0.3) is 0 Å². The smallest absolute Gasteiger partial charge is 0.277 e. The van der Waals surface area contributed by atoms with Crippen LogP contribution in [-0.2, 0) is 9.59 Å². The molecule has 0 saturated heterocycles. The Balaban J connectivity index is 2.36. The van der Waals surface area contributed by atoms with Gasteiger partial charge in [0.25, 0.3) is 5.91 Å². The summed E-state index contributed by atoms with van der Waals surface area (Å²) >= 11 is 0. The van der Waals surface area contributed by atoms with Crippen molar-refractivity contribution in [3.05, 3.63) is 65.5 Å². The van der Waals surface area contributed by atoms with Crippen molar-refractivity contribution in [3.63, 3.8) is 0 Å². The number of ketones is 1. The van der Waals surface area contributed by atoms with Crippen LogP contribution in [0.2, 0.25) is 0 Å². The summed E-state index contributed by atoms with van der Waals surface area (Å²) in [6.45, 7) is 1.43. The van der Waals surface area contributed by atoms with Gasteiger partial charge in [-0.25, -0.2) is 9.38 Å². The van der Waals surface area contributed by atoms with E-state index in [0.29, 0.717) is 11.3 Å². The van der Waals surface area contributed by atoms with E-state index in [1.165, 1.54) is 31.0 Å². The first-order valence-corrected chi connectivity index (χ1v) is 8.08. The number of carbonyl (C=O) groups excluding carboxylic acids is 2. The fraction of sp³-hybridized carbons (Fsp3) is 0.211. The minimum absolute atomic E-state index is 0.132. The number of likely N-dealkylation sites (N-methyl/N-ethyl adjacent to an activating group) is 1. The third kappa shape index (κ3) is 2.71. The monoisotopic (exact) mass is 354 g/mol. The standard InChI is InChI=1S/C19H19FN4O2/c1-11(21)17(25)19(22)18(26)24(2)15-10-6-4-8-13(15)16(23-19)12-7-3-5-9-14(12)20/h3-11H,21-22H2,1-2H3/t11-,19?/m0/s1. The van der Waals surface area contributed by atoms with Crippen LogP contribution in [0, 0.1) is 5.82 Å². The molecule has 3 rings (SSSR count). The van der Waals surface area contributed by atoms with E-state index in [1.807, 2.05) is 0 Å². The predicted octanol–water partition coefficient (Wildman–Crippen LogP) is 1.21. The van der Waals surface area contributed by atoms with Gasteiger partial charge in [-0.05, 0) is 25.1 Å². The highest BCUT2D eigenvalue weighted by atomic mass is 19.1. The lowest BCUT2D eigenvalue weighted by Gasteiger charge is -2.27. The zero-order chi connectivity index (χ0) is 19.1. The van der Waals surface area contributed by atoms with Crippen molar-refractivity contribution in [3.8, 4) is 0 Å². The number of hydrogen-bond acceptors (Lipinski definition) is 5. The number of carbonyl (C=O) groups is 2. The van der Waals surface area contributed by atoms with Crippen LogP contribution in [0.15, 0.2) is 53.5 Å². The van der Waals surface area contributed by atoms with Crippen molar-refractivity contribution in [1.29, 1.82) is 0 Å². The number of nitrogens with two attached hydrogens (primary N) is 2. The van der Waals surface area contributed by atoms with Gasteiger partial charge in [0.15, 0.2) is 0 Å². The normalized spacial score (nSPS) is 20.9. The Hall–Kier alpha value is -2.90. The van der Waals surface area contributed by atoms with Crippen LogP contribution in [0.5, 0.6) is 0 Å². The number of Topliss-reactive ketones (excluding diaryl/α,β-unsaturated/α-hetero) is 1. The molecular formula is C19H19FN4O2. The van der Waals surface area contributed by atoms with Gasteiger partial charge < -0.3 is 10.6 Å². The van der Waals surface area contributed by atoms with Gasteiger partial charge >= 0.3 is 0 Å². The van der Waals surface area contributed by atoms with Crippen molar-refractivity contribution < 1.29 is 14.0 Å². The van der Waals surface area contributed by atoms with E-state index in [4.69, 9.17) is 11.5 Å². The fourth-order valence-electron chi connectivity index (χ4n) is 2.98. The molecule has 1 aliphatic rings. The number of benzene rings is 2. The summed E-state index contributed by atoms with van der Waals surface area (Å²) in [5.74, 6) is -2.00. The zero-order valence-corrected chi connectivity index (χ0v) is 14.4. The number of para-hydroxylation sites is 1. The van der Waals surface area contributed by atoms with Gasteiger partial charge in [0.05, 0.1) is 17.4 Å². The Morgan fingerprint density at radius 2 is 1.73 bits per heavy atom. The summed E-state index contributed by atoms with van der Waals surface area (Å²) in [5.41, 5.74) is 10.9. The van der Waals surface area contributed by atoms with Crippen LogP contribution in [-0.4, -0.2) is 36.2 Å². The summed E-state index contributed by atoms with van der Waals surface area (Å²) in [6, 6.07) is 11.8. The van der Waals surface area contributed by atoms with Crippen molar-refractivity contribution in [2.24, 2.45) is 16.5 Å². The van der Waals surface area contributed by atoms with E-state index >= 15 is 0 Å². The van der Waals surface area contributed by atoms with E-state index < -0.39 is 29.2 Å². The predicted molar refractivity (Wildman–Crippen MR) is 97.5 cm³/mol. The largest absolute Gasteiger partial charge is 0.322 e. The van der Waals surface area contributed by atoms with Crippen LogP contribution in [0.4, 0.5) is 10.1 Å². The van der Waals surface area contributed by atoms with Gasteiger partial charge in [-0.2, -0.15) is 0 Å². The Bertz CT molecular complexity index is 925. The third-order valence-electron chi connectivity index (χ3n) is 4.36. The zero-order valence-electron chi connectivity index (χ0n) is 14.4. The molecular weight excluding hydrogens is 335 g/mol. The Kier molecular flexibility index (Phi) is 4.43. The average molecular weight is 354 g/mol. The first-order chi connectivity index (χ1) is 12.3. The molecule has 1 aliphatic heterocycles. The minimum atomic E-state index is -2.24. The Labute approximate surface area is 150 Å². The SMILES string of the molecule is C[C@H](N)C(=O)C1(N)N=C(c2ccccc2F)c2ccccc2N(C)C1=O. The van der Waals surface area contributed by atoms with Crippen LogP contribution >= 0.6 is 0 Å². The maximum absolute atomic E-state index is 14.5. The number of halogens is 1. The van der Waals surface area contributed by atoms with Crippen molar-refractivity contribution in [2.45, 2.75) is 18.6 Å². The fourth-order valence-corrected chi connectivity index (χ4v) is 2.98. The van der Waals surface area contributed by atoms with Crippen molar-refractivity contribution in [2.75, 3.05) is 11.9 Å². The topological polar surface area (TPSA) is 102 Å². The van der Waals surface area contributed by atoms with E-state index in [2.05, 4.69) is 4.99 Å². The highest BCUT2D eigenvalue weighted by Crippen LogP contribution is 2.30. The van der Waals surface area contributed by atoms with Crippen molar-refractivity contribution in [1.82, 2.24) is 0 Å². The molecule has 0 radical (unpaired) electrons. The highest BCUT2D eigenvalue weighted by Gasteiger charge is 2.47. The van der Waals surface area contributed by atoms with Gasteiger partial charge in [0.2, 0.25) is 11.4 Å². The maximum atomic E-state index is 14.5.